The van der Waals surface area contributed by atoms with E-state index < -0.39 is 0 Å². The monoisotopic (exact) mass is 221 g/mol. The van der Waals surface area contributed by atoms with Gasteiger partial charge in [0.15, 0.2) is 0 Å². The summed E-state index contributed by atoms with van der Waals surface area (Å²) in [7, 11) is 0. The van der Waals surface area contributed by atoms with Gasteiger partial charge in [-0.3, -0.25) is 5.41 Å². The minimum Gasteiger partial charge on any atom is -0.382 e. The van der Waals surface area contributed by atoms with Gasteiger partial charge in [0.05, 0.1) is 12.4 Å². The zero-order valence-corrected chi connectivity index (χ0v) is 9.90. The summed E-state index contributed by atoms with van der Waals surface area (Å²) in [6, 6.07) is 0. The van der Waals surface area contributed by atoms with Crippen molar-refractivity contribution in [1.29, 1.82) is 5.41 Å². The molecule has 3 N–H and O–H groups in total. The van der Waals surface area contributed by atoms with Crippen LogP contribution in [-0.4, -0.2) is 28.9 Å². The average molecular weight is 221 g/mol. The fraction of sp³-hybridized carbons (Fsp3) is 0.545. The van der Waals surface area contributed by atoms with Gasteiger partial charge in [-0.1, -0.05) is 13.3 Å². The normalized spacial score (nSPS) is 10.1. The molecule has 0 spiro atoms. The van der Waals surface area contributed by atoms with Gasteiger partial charge in [0.1, 0.15) is 17.3 Å². The smallest absolute Gasteiger partial charge is 0.147 e. The van der Waals surface area contributed by atoms with Crippen LogP contribution in [0.1, 0.15) is 32.4 Å². The molecule has 5 nitrogen and oxygen atoms in total. The summed E-state index contributed by atoms with van der Waals surface area (Å²) in [6.45, 7) is 6.16. The molecule has 0 aliphatic rings. The van der Waals surface area contributed by atoms with Crippen LogP contribution >= 0.6 is 0 Å². The first-order chi connectivity index (χ1) is 7.69. The molecule has 0 bridgehead atoms. The molecule has 88 valence electrons. The van der Waals surface area contributed by atoms with Crippen LogP contribution in [0.2, 0.25) is 0 Å². The quantitative estimate of drug-likeness (QED) is 0.562. The number of hydrogen-bond acceptors (Lipinski definition) is 4. The van der Waals surface area contributed by atoms with Gasteiger partial charge in [-0.15, -0.1) is 0 Å². The molecule has 0 fully saturated rings. The van der Waals surface area contributed by atoms with E-state index >= 15 is 0 Å². The van der Waals surface area contributed by atoms with Crippen molar-refractivity contribution in [3.8, 4) is 0 Å². The minimum atomic E-state index is -0.0457. The lowest BCUT2D eigenvalue weighted by Crippen LogP contribution is -2.25. The van der Waals surface area contributed by atoms with E-state index in [9.17, 15) is 0 Å². The molecule has 1 heterocycles. The molecule has 0 amide bonds. The Morgan fingerprint density at radius 1 is 1.38 bits per heavy atom. The second kappa shape index (κ2) is 6.05. The molecule has 1 aromatic heterocycles. The lowest BCUT2D eigenvalue weighted by atomic mass is 10.3. The Balaban J connectivity index is 2.74. The van der Waals surface area contributed by atoms with Crippen LogP contribution in [0.15, 0.2) is 12.4 Å². The molecule has 5 heteroatoms. The van der Waals surface area contributed by atoms with E-state index in [1.165, 1.54) is 0 Å². The number of amidine groups is 1. The molecule has 16 heavy (non-hydrogen) atoms. The van der Waals surface area contributed by atoms with Crippen molar-refractivity contribution in [2.45, 2.75) is 26.7 Å². The van der Waals surface area contributed by atoms with Gasteiger partial charge in [0.2, 0.25) is 0 Å². The zero-order valence-electron chi connectivity index (χ0n) is 9.90. The SMILES string of the molecule is CCCCN(CC)c1cnc(C(=N)N)cn1. The summed E-state index contributed by atoms with van der Waals surface area (Å²) in [5.41, 5.74) is 5.75. The number of aromatic nitrogens is 2. The number of rotatable bonds is 6. The van der Waals surface area contributed by atoms with Gasteiger partial charge in [0.25, 0.3) is 0 Å². The number of anilines is 1. The van der Waals surface area contributed by atoms with Crippen molar-refractivity contribution in [3.63, 3.8) is 0 Å². The second-order valence-electron chi connectivity index (χ2n) is 3.61. The molecule has 0 unspecified atom stereocenters. The van der Waals surface area contributed by atoms with E-state index in [2.05, 4.69) is 28.7 Å². The fourth-order valence-electron chi connectivity index (χ4n) is 1.41. The number of nitrogens with two attached hydrogens (primary N) is 1. The van der Waals surface area contributed by atoms with Crippen LogP contribution in [0.3, 0.4) is 0 Å². The van der Waals surface area contributed by atoms with Crippen LogP contribution in [0, 0.1) is 5.41 Å². The maximum Gasteiger partial charge on any atom is 0.147 e. The predicted octanol–water partition coefficient (Wildman–Crippen LogP) is 1.39. The van der Waals surface area contributed by atoms with Crippen LogP contribution in [-0.2, 0) is 0 Å². The van der Waals surface area contributed by atoms with Crippen molar-refractivity contribution in [3.05, 3.63) is 18.1 Å². The second-order valence-corrected chi connectivity index (χ2v) is 3.61. The maximum atomic E-state index is 7.23. The van der Waals surface area contributed by atoms with E-state index in [0.717, 1.165) is 31.7 Å². The molecule has 1 rings (SSSR count). The van der Waals surface area contributed by atoms with E-state index in [0.29, 0.717) is 5.69 Å². The Morgan fingerprint density at radius 3 is 2.56 bits per heavy atom. The number of unbranched alkanes of at least 4 members (excludes halogenated alkanes) is 1. The molecule has 0 aromatic carbocycles. The van der Waals surface area contributed by atoms with Crippen LogP contribution < -0.4 is 10.6 Å². The van der Waals surface area contributed by atoms with Crippen molar-refractivity contribution < 1.29 is 0 Å². The van der Waals surface area contributed by atoms with Crippen molar-refractivity contribution in [2.75, 3.05) is 18.0 Å². The molecular formula is C11H19N5. The van der Waals surface area contributed by atoms with E-state index in [1.54, 1.807) is 12.4 Å². The largest absolute Gasteiger partial charge is 0.382 e. The van der Waals surface area contributed by atoms with Crippen molar-refractivity contribution in [1.82, 2.24) is 9.97 Å². The number of nitrogen functional groups attached to an aromatic ring is 1. The van der Waals surface area contributed by atoms with Crippen LogP contribution in [0.25, 0.3) is 0 Å². The average Bonchev–Trinajstić information content (AvgIpc) is 2.30. The van der Waals surface area contributed by atoms with Gasteiger partial charge < -0.3 is 10.6 Å². The summed E-state index contributed by atoms with van der Waals surface area (Å²) in [5, 5.41) is 7.23. The minimum absolute atomic E-state index is 0.0457. The standard InChI is InChI=1S/C11H19N5/c1-3-5-6-16(4-2)10-8-14-9(7-15-10)11(12)13/h7-8H,3-6H2,1-2H3,(H3,12,13). The molecule has 0 saturated carbocycles. The maximum absolute atomic E-state index is 7.23. The number of nitrogens with one attached hydrogen (secondary N) is 1. The lowest BCUT2D eigenvalue weighted by molar-refractivity contribution is 0.722. The molecule has 0 saturated heterocycles. The summed E-state index contributed by atoms with van der Waals surface area (Å²) >= 11 is 0. The summed E-state index contributed by atoms with van der Waals surface area (Å²) < 4.78 is 0. The Kier molecular flexibility index (Phi) is 4.69. The van der Waals surface area contributed by atoms with Gasteiger partial charge in [0, 0.05) is 13.1 Å². The van der Waals surface area contributed by atoms with E-state index in [4.69, 9.17) is 11.1 Å². The molecule has 0 atom stereocenters. The first kappa shape index (κ1) is 12.4. The van der Waals surface area contributed by atoms with Gasteiger partial charge >= 0.3 is 0 Å². The Labute approximate surface area is 96.2 Å². The summed E-state index contributed by atoms with van der Waals surface area (Å²) in [5.74, 6) is 0.802. The van der Waals surface area contributed by atoms with Crippen molar-refractivity contribution in [2.24, 2.45) is 5.73 Å². The highest BCUT2D eigenvalue weighted by atomic mass is 15.2. The molecular weight excluding hydrogens is 202 g/mol. The van der Waals surface area contributed by atoms with E-state index in [-0.39, 0.29) is 5.84 Å². The number of hydrogen-bond donors (Lipinski definition) is 2. The third-order valence-electron chi connectivity index (χ3n) is 2.40. The molecule has 0 aliphatic carbocycles. The number of nitrogens with zero attached hydrogens (tertiary/aromatic N) is 3. The van der Waals surface area contributed by atoms with Crippen LogP contribution in [0.5, 0.6) is 0 Å². The Hall–Kier alpha value is -1.65. The van der Waals surface area contributed by atoms with Crippen LogP contribution in [0.4, 0.5) is 5.82 Å². The topological polar surface area (TPSA) is 78.9 Å². The van der Waals surface area contributed by atoms with Gasteiger partial charge in [-0.05, 0) is 13.3 Å². The highest BCUT2D eigenvalue weighted by Gasteiger charge is 2.06. The molecule has 0 aliphatic heterocycles. The lowest BCUT2D eigenvalue weighted by Gasteiger charge is -2.21. The molecule has 1 aromatic rings. The third-order valence-corrected chi connectivity index (χ3v) is 2.40. The first-order valence-electron chi connectivity index (χ1n) is 5.60. The Bertz CT molecular complexity index is 333. The van der Waals surface area contributed by atoms with E-state index in [1.807, 2.05) is 0 Å². The Morgan fingerprint density at radius 2 is 2.12 bits per heavy atom. The van der Waals surface area contributed by atoms with Crippen molar-refractivity contribution >= 4 is 11.7 Å². The third kappa shape index (κ3) is 3.18. The summed E-state index contributed by atoms with van der Waals surface area (Å²) in [4.78, 5) is 10.5. The fourth-order valence-corrected chi connectivity index (χ4v) is 1.41. The highest BCUT2D eigenvalue weighted by molar-refractivity contribution is 5.92. The van der Waals surface area contributed by atoms with Gasteiger partial charge in [-0.2, -0.15) is 0 Å². The first-order valence-corrected chi connectivity index (χ1v) is 5.60. The summed E-state index contributed by atoms with van der Waals surface area (Å²) in [6.07, 6.45) is 5.53. The molecule has 0 radical (unpaired) electrons. The zero-order chi connectivity index (χ0) is 12.0. The van der Waals surface area contributed by atoms with Gasteiger partial charge in [-0.25, -0.2) is 9.97 Å². The highest BCUT2D eigenvalue weighted by Crippen LogP contribution is 2.09. The predicted molar refractivity (Wildman–Crippen MR) is 65.8 cm³/mol.